The van der Waals surface area contributed by atoms with E-state index in [1.54, 1.807) is 10.7 Å². The lowest BCUT2D eigenvalue weighted by molar-refractivity contribution is -0.137. The van der Waals surface area contributed by atoms with Crippen molar-refractivity contribution in [1.29, 1.82) is 0 Å². The summed E-state index contributed by atoms with van der Waals surface area (Å²) in [6.45, 7) is 0.773. The van der Waals surface area contributed by atoms with Crippen LogP contribution in [0.2, 0.25) is 0 Å². The van der Waals surface area contributed by atoms with Gasteiger partial charge in [-0.2, -0.15) is 18.3 Å². The van der Waals surface area contributed by atoms with E-state index < -0.39 is 11.7 Å². The van der Waals surface area contributed by atoms with E-state index in [0.717, 1.165) is 66.3 Å². The minimum absolute atomic E-state index is 0.403. The van der Waals surface area contributed by atoms with Gasteiger partial charge >= 0.3 is 6.18 Å². The maximum atomic E-state index is 13.2. The van der Waals surface area contributed by atoms with E-state index in [4.69, 9.17) is 5.10 Å². The highest BCUT2D eigenvalue weighted by atomic mass is 19.4. The standard InChI is InChI=1S/C22H23F3N4/c1-28(2)17-9-5-7-15(13-17)20-19-11-3-4-12-26-21(19)29(27-20)18-10-6-8-16(14-18)22(23,24)25/h5-10,13-14,26H,3-4,11-12H2,1-2H3. The van der Waals surface area contributed by atoms with Crippen molar-refractivity contribution in [3.63, 3.8) is 0 Å². The third-order valence-corrected chi connectivity index (χ3v) is 5.18. The third kappa shape index (κ3) is 3.81. The fourth-order valence-electron chi connectivity index (χ4n) is 3.67. The SMILES string of the molecule is CN(C)c1cccc(-c2nn(-c3cccc(C(F)(F)F)c3)c3c2CCCCN3)c1. The van der Waals surface area contributed by atoms with Crippen LogP contribution in [0.5, 0.6) is 0 Å². The summed E-state index contributed by atoms with van der Waals surface area (Å²) in [6, 6.07) is 13.4. The first-order valence-electron chi connectivity index (χ1n) is 9.66. The molecular weight excluding hydrogens is 377 g/mol. The van der Waals surface area contributed by atoms with Gasteiger partial charge in [0.15, 0.2) is 0 Å². The Balaban J connectivity index is 1.88. The molecule has 0 saturated heterocycles. The normalized spacial score (nSPS) is 14.1. The molecule has 29 heavy (non-hydrogen) atoms. The molecule has 3 aromatic rings. The molecule has 7 heteroatoms. The zero-order valence-electron chi connectivity index (χ0n) is 16.4. The van der Waals surface area contributed by atoms with Gasteiger partial charge in [0.2, 0.25) is 0 Å². The summed E-state index contributed by atoms with van der Waals surface area (Å²) >= 11 is 0. The largest absolute Gasteiger partial charge is 0.416 e. The third-order valence-electron chi connectivity index (χ3n) is 5.18. The predicted molar refractivity (Wildman–Crippen MR) is 110 cm³/mol. The van der Waals surface area contributed by atoms with Crippen molar-refractivity contribution >= 4 is 11.5 Å². The van der Waals surface area contributed by atoms with Gasteiger partial charge in [0.25, 0.3) is 0 Å². The molecule has 1 aliphatic rings. The smallest absolute Gasteiger partial charge is 0.378 e. The first-order valence-corrected chi connectivity index (χ1v) is 9.66. The first-order chi connectivity index (χ1) is 13.8. The molecule has 152 valence electrons. The van der Waals surface area contributed by atoms with Crippen LogP contribution in [-0.2, 0) is 12.6 Å². The molecule has 0 radical (unpaired) electrons. The van der Waals surface area contributed by atoms with Gasteiger partial charge in [-0.25, -0.2) is 4.68 Å². The maximum absolute atomic E-state index is 13.2. The van der Waals surface area contributed by atoms with E-state index >= 15 is 0 Å². The maximum Gasteiger partial charge on any atom is 0.416 e. The molecule has 0 atom stereocenters. The molecule has 4 nitrogen and oxygen atoms in total. The number of fused-ring (bicyclic) bond motifs is 1. The summed E-state index contributed by atoms with van der Waals surface area (Å²) in [5.41, 5.74) is 3.60. The predicted octanol–water partition coefficient (Wildman–Crippen LogP) is 5.37. The Labute approximate surface area is 168 Å². The van der Waals surface area contributed by atoms with Crippen LogP contribution in [0, 0.1) is 0 Å². The van der Waals surface area contributed by atoms with Crippen LogP contribution in [0.25, 0.3) is 16.9 Å². The van der Waals surface area contributed by atoms with E-state index in [1.165, 1.54) is 6.07 Å². The number of aromatic nitrogens is 2. The molecule has 0 spiro atoms. The summed E-state index contributed by atoms with van der Waals surface area (Å²) in [6.07, 6.45) is -1.54. The van der Waals surface area contributed by atoms with Crippen molar-refractivity contribution in [3.8, 4) is 16.9 Å². The molecule has 0 unspecified atom stereocenters. The monoisotopic (exact) mass is 400 g/mol. The van der Waals surface area contributed by atoms with Crippen molar-refractivity contribution in [1.82, 2.24) is 9.78 Å². The lowest BCUT2D eigenvalue weighted by Gasteiger charge is -2.13. The van der Waals surface area contributed by atoms with Gasteiger partial charge in [-0.05, 0) is 49.6 Å². The van der Waals surface area contributed by atoms with Gasteiger partial charge in [0, 0.05) is 37.5 Å². The fourth-order valence-corrected chi connectivity index (χ4v) is 3.67. The number of hydrogen-bond acceptors (Lipinski definition) is 3. The van der Waals surface area contributed by atoms with Crippen molar-refractivity contribution in [2.24, 2.45) is 0 Å². The number of alkyl halides is 3. The van der Waals surface area contributed by atoms with E-state index in [0.29, 0.717) is 5.69 Å². The Hall–Kier alpha value is -2.96. The van der Waals surface area contributed by atoms with Crippen molar-refractivity contribution in [2.45, 2.75) is 25.4 Å². The van der Waals surface area contributed by atoms with Crippen LogP contribution in [0.15, 0.2) is 48.5 Å². The molecule has 4 rings (SSSR count). The molecular formula is C22H23F3N4. The first kappa shape index (κ1) is 19.4. The molecule has 0 saturated carbocycles. The fraction of sp³-hybridized carbons (Fsp3) is 0.318. The summed E-state index contributed by atoms with van der Waals surface area (Å²) in [5, 5.41) is 8.15. The number of anilines is 2. The summed E-state index contributed by atoms with van der Waals surface area (Å²) in [4.78, 5) is 2.02. The minimum Gasteiger partial charge on any atom is -0.378 e. The lowest BCUT2D eigenvalue weighted by Crippen LogP contribution is -2.09. The van der Waals surface area contributed by atoms with Gasteiger partial charge in [0.05, 0.1) is 16.9 Å². The van der Waals surface area contributed by atoms with Gasteiger partial charge in [0.1, 0.15) is 5.82 Å². The summed E-state index contributed by atoms with van der Waals surface area (Å²) < 4.78 is 41.3. The number of rotatable bonds is 3. The molecule has 2 aromatic carbocycles. The number of nitrogens with zero attached hydrogens (tertiary/aromatic N) is 3. The zero-order valence-corrected chi connectivity index (χ0v) is 16.4. The molecule has 0 fully saturated rings. The van der Waals surface area contributed by atoms with Crippen LogP contribution < -0.4 is 10.2 Å². The Bertz CT molecular complexity index is 1020. The van der Waals surface area contributed by atoms with Crippen LogP contribution in [0.3, 0.4) is 0 Å². The zero-order chi connectivity index (χ0) is 20.6. The van der Waals surface area contributed by atoms with Crippen molar-refractivity contribution in [2.75, 3.05) is 30.9 Å². The minimum atomic E-state index is -4.39. The van der Waals surface area contributed by atoms with Crippen LogP contribution in [0.4, 0.5) is 24.7 Å². The second-order valence-electron chi connectivity index (χ2n) is 7.46. The van der Waals surface area contributed by atoms with Crippen LogP contribution in [-0.4, -0.2) is 30.4 Å². The van der Waals surface area contributed by atoms with Crippen LogP contribution in [0.1, 0.15) is 24.0 Å². The van der Waals surface area contributed by atoms with E-state index in [1.807, 2.05) is 37.2 Å². The number of benzene rings is 2. The molecule has 1 N–H and O–H groups in total. The highest BCUT2D eigenvalue weighted by Gasteiger charge is 2.31. The van der Waals surface area contributed by atoms with Gasteiger partial charge < -0.3 is 10.2 Å². The molecule has 1 aromatic heterocycles. The molecule has 1 aliphatic heterocycles. The van der Waals surface area contributed by atoms with E-state index in [-0.39, 0.29) is 0 Å². The quantitative estimate of drug-likeness (QED) is 0.641. The van der Waals surface area contributed by atoms with E-state index in [9.17, 15) is 13.2 Å². The number of halogens is 3. The average molecular weight is 400 g/mol. The molecule has 0 amide bonds. The Morgan fingerprint density at radius 2 is 1.83 bits per heavy atom. The highest BCUT2D eigenvalue weighted by molar-refractivity contribution is 5.74. The average Bonchev–Trinajstić information content (AvgIpc) is 2.88. The van der Waals surface area contributed by atoms with E-state index in [2.05, 4.69) is 11.4 Å². The Morgan fingerprint density at radius 1 is 1.03 bits per heavy atom. The molecule has 0 aliphatic carbocycles. The number of nitrogens with one attached hydrogen (secondary N) is 1. The second-order valence-corrected chi connectivity index (χ2v) is 7.46. The summed E-state index contributed by atoms with van der Waals surface area (Å²) in [5.74, 6) is 0.784. The second kappa shape index (κ2) is 7.46. The van der Waals surface area contributed by atoms with Gasteiger partial charge in [-0.15, -0.1) is 0 Å². The molecule has 2 heterocycles. The Kier molecular flexibility index (Phi) is 4.98. The van der Waals surface area contributed by atoms with Crippen molar-refractivity contribution in [3.05, 3.63) is 59.7 Å². The topological polar surface area (TPSA) is 33.1 Å². The van der Waals surface area contributed by atoms with Gasteiger partial charge in [-0.1, -0.05) is 18.2 Å². The summed E-state index contributed by atoms with van der Waals surface area (Å²) in [7, 11) is 3.95. The Morgan fingerprint density at radius 3 is 2.59 bits per heavy atom. The highest BCUT2D eigenvalue weighted by Crippen LogP contribution is 2.36. The number of hydrogen-bond donors (Lipinski definition) is 1. The van der Waals surface area contributed by atoms with Gasteiger partial charge in [-0.3, -0.25) is 0 Å². The lowest BCUT2D eigenvalue weighted by atomic mass is 10.0. The van der Waals surface area contributed by atoms with Crippen molar-refractivity contribution < 1.29 is 13.2 Å². The molecule has 0 bridgehead atoms. The van der Waals surface area contributed by atoms with Crippen LogP contribution >= 0.6 is 0 Å².